The van der Waals surface area contributed by atoms with Crippen LogP contribution in [0.15, 0.2) is 23.1 Å². The van der Waals surface area contributed by atoms with Crippen LogP contribution in [0.2, 0.25) is 0 Å². The number of rotatable bonds is 4. The van der Waals surface area contributed by atoms with Crippen LogP contribution >= 0.6 is 0 Å². The molecule has 1 saturated heterocycles. The van der Waals surface area contributed by atoms with Crippen LogP contribution in [0, 0.1) is 5.82 Å². The van der Waals surface area contributed by atoms with Crippen molar-refractivity contribution in [2.24, 2.45) is 5.90 Å². The molecule has 2 heterocycles. The lowest BCUT2D eigenvalue weighted by molar-refractivity contribution is 0.0688. The Hall–Kier alpha value is -2.45. The fraction of sp³-hybridized carbons (Fsp3) is 0.412. The molecule has 25 heavy (non-hydrogen) atoms. The Morgan fingerprint density at radius 2 is 2.08 bits per heavy atom. The minimum Gasteiger partial charge on any atom is -0.477 e. The molecule has 132 valence electrons. The summed E-state index contributed by atoms with van der Waals surface area (Å²) in [7, 11) is 0. The molecule has 0 amide bonds. The van der Waals surface area contributed by atoms with Crippen molar-refractivity contribution in [3.05, 3.63) is 39.9 Å². The second-order valence-corrected chi connectivity index (χ2v) is 6.63. The lowest BCUT2D eigenvalue weighted by Gasteiger charge is -2.21. The van der Waals surface area contributed by atoms with Crippen molar-refractivity contribution >= 4 is 22.6 Å². The van der Waals surface area contributed by atoms with Crippen molar-refractivity contribution < 1.29 is 19.1 Å². The number of pyridine rings is 1. The Labute approximate surface area is 142 Å². The number of nitrogens with two attached hydrogens (primary N) is 1. The molecule has 2 aromatic rings. The molecule has 0 radical (unpaired) electrons. The molecule has 4 rings (SSSR count). The summed E-state index contributed by atoms with van der Waals surface area (Å²) in [5.74, 6) is 3.37. The number of hydrogen-bond acceptors (Lipinski definition) is 5. The van der Waals surface area contributed by atoms with E-state index in [1.807, 2.05) is 4.90 Å². The van der Waals surface area contributed by atoms with Gasteiger partial charge in [0.2, 0.25) is 5.43 Å². The maximum atomic E-state index is 14.7. The molecule has 0 bridgehead atoms. The van der Waals surface area contributed by atoms with E-state index in [2.05, 4.69) is 0 Å². The van der Waals surface area contributed by atoms with Crippen molar-refractivity contribution in [2.45, 2.75) is 31.4 Å². The smallest absolute Gasteiger partial charge is 0.341 e. The van der Waals surface area contributed by atoms with E-state index in [1.165, 1.54) is 6.20 Å². The molecule has 1 unspecified atom stereocenters. The van der Waals surface area contributed by atoms with Gasteiger partial charge < -0.3 is 14.6 Å². The highest BCUT2D eigenvalue weighted by Crippen LogP contribution is 2.38. The van der Waals surface area contributed by atoms with Gasteiger partial charge in [0.15, 0.2) is 0 Å². The zero-order valence-electron chi connectivity index (χ0n) is 13.4. The SMILES string of the molecule is NOC1CCN(c2cc3c(cc2F)c(=O)c(C(=O)O)cn3C2CC2)C1. The van der Waals surface area contributed by atoms with Crippen LogP contribution in [0.4, 0.5) is 10.1 Å². The maximum Gasteiger partial charge on any atom is 0.341 e. The number of carboxylic acids is 1. The number of fused-ring (bicyclic) bond motifs is 1. The third kappa shape index (κ3) is 2.67. The van der Waals surface area contributed by atoms with Crippen LogP contribution in [-0.2, 0) is 4.84 Å². The Bertz CT molecular complexity index is 922. The first-order chi connectivity index (χ1) is 12.0. The van der Waals surface area contributed by atoms with Crippen molar-refractivity contribution in [1.29, 1.82) is 0 Å². The van der Waals surface area contributed by atoms with Crippen molar-refractivity contribution in [2.75, 3.05) is 18.0 Å². The molecule has 1 aromatic heterocycles. The quantitative estimate of drug-likeness (QED) is 0.816. The minimum atomic E-state index is -1.30. The third-order valence-corrected chi connectivity index (χ3v) is 4.95. The summed E-state index contributed by atoms with van der Waals surface area (Å²) in [5.41, 5.74) is -0.0475. The fourth-order valence-electron chi connectivity index (χ4n) is 3.47. The molecule has 1 aliphatic carbocycles. The van der Waals surface area contributed by atoms with E-state index >= 15 is 0 Å². The van der Waals surface area contributed by atoms with Gasteiger partial charge in [-0.15, -0.1) is 0 Å². The number of benzene rings is 1. The van der Waals surface area contributed by atoms with E-state index in [4.69, 9.17) is 10.7 Å². The Morgan fingerprint density at radius 3 is 2.68 bits per heavy atom. The fourth-order valence-corrected chi connectivity index (χ4v) is 3.47. The van der Waals surface area contributed by atoms with Gasteiger partial charge in [-0.1, -0.05) is 0 Å². The average Bonchev–Trinajstić information content (AvgIpc) is 3.31. The molecule has 1 atom stereocenters. The summed E-state index contributed by atoms with van der Waals surface area (Å²) < 4.78 is 16.4. The van der Waals surface area contributed by atoms with E-state index in [0.29, 0.717) is 30.7 Å². The number of nitrogens with zero attached hydrogens (tertiary/aromatic N) is 2. The first-order valence-corrected chi connectivity index (χ1v) is 8.21. The van der Waals surface area contributed by atoms with Gasteiger partial charge in [-0.3, -0.25) is 9.63 Å². The van der Waals surface area contributed by atoms with Gasteiger partial charge in [0.05, 0.1) is 17.3 Å². The van der Waals surface area contributed by atoms with Crippen molar-refractivity contribution in [3.63, 3.8) is 0 Å². The lowest BCUT2D eigenvalue weighted by Crippen LogP contribution is -2.26. The summed E-state index contributed by atoms with van der Waals surface area (Å²) >= 11 is 0. The molecular formula is C17H18FN3O4. The van der Waals surface area contributed by atoms with E-state index < -0.39 is 17.2 Å². The number of carboxylic acid groups (broad SMARTS) is 1. The molecule has 0 spiro atoms. The van der Waals surface area contributed by atoms with Gasteiger partial charge in [0.1, 0.15) is 11.4 Å². The summed E-state index contributed by atoms with van der Waals surface area (Å²) in [6, 6.07) is 2.93. The predicted octanol–water partition coefficient (Wildman–Crippen LogP) is 1.64. The molecule has 2 fully saturated rings. The first kappa shape index (κ1) is 16.0. The third-order valence-electron chi connectivity index (χ3n) is 4.95. The Kier molecular flexibility index (Phi) is 3.73. The van der Waals surface area contributed by atoms with Crippen LogP contribution in [0.1, 0.15) is 35.7 Å². The monoisotopic (exact) mass is 347 g/mol. The number of hydrogen-bond donors (Lipinski definition) is 2. The Morgan fingerprint density at radius 1 is 1.32 bits per heavy atom. The first-order valence-electron chi connectivity index (χ1n) is 8.21. The maximum absolute atomic E-state index is 14.7. The predicted molar refractivity (Wildman–Crippen MR) is 89.3 cm³/mol. The highest BCUT2D eigenvalue weighted by molar-refractivity contribution is 5.93. The van der Waals surface area contributed by atoms with E-state index in [0.717, 1.165) is 18.9 Å². The van der Waals surface area contributed by atoms with Crippen LogP contribution < -0.4 is 16.2 Å². The molecule has 2 aliphatic rings. The number of aromatic nitrogens is 1. The molecule has 3 N–H and O–H groups in total. The molecule has 8 heteroatoms. The van der Waals surface area contributed by atoms with Crippen LogP contribution in [0.25, 0.3) is 10.9 Å². The number of halogens is 1. The van der Waals surface area contributed by atoms with Gasteiger partial charge in [-0.25, -0.2) is 15.1 Å². The van der Waals surface area contributed by atoms with Crippen LogP contribution in [0.5, 0.6) is 0 Å². The highest BCUT2D eigenvalue weighted by atomic mass is 19.1. The zero-order chi connectivity index (χ0) is 17.7. The second-order valence-electron chi connectivity index (χ2n) is 6.63. The van der Waals surface area contributed by atoms with Gasteiger partial charge in [-0.2, -0.15) is 0 Å². The molecule has 1 aromatic carbocycles. The average molecular weight is 347 g/mol. The standard InChI is InChI=1S/C17H18FN3O4/c18-13-5-11-14(6-15(13)20-4-3-10(7-20)25-19)21(9-1-2-9)8-12(16(11)22)17(23)24/h5-6,8-10H,1-4,7,19H2,(H,23,24). The number of carbonyl (C=O) groups is 1. The second kappa shape index (κ2) is 5.82. The molecule has 7 nitrogen and oxygen atoms in total. The summed E-state index contributed by atoms with van der Waals surface area (Å²) in [4.78, 5) is 30.5. The number of aromatic carboxylic acids is 1. The molecular weight excluding hydrogens is 329 g/mol. The van der Waals surface area contributed by atoms with Gasteiger partial charge in [-0.05, 0) is 31.4 Å². The summed E-state index contributed by atoms with van der Waals surface area (Å²) in [6.45, 7) is 1.07. The van der Waals surface area contributed by atoms with E-state index in [1.54, 1.807) is 10.6 Å². The van der Waals surface area contributed by atoms with Gasteiger partial charge in [0.25, 0.3) is 0 Å². The summed E-state index contributed by atoms with van der Waals surface area (Å²) in [5, 5.41) is 9.36. The summed E-state index contributed by atoms with van der Waals surface area (Å²) in [6.07, 6.45) is 3.74. The molecule has 1 aliphatic heterocycles. The zero-order valence-corrected chi connectivity index (χ0v) is 13.4. The topological polar surface area (TPSA) is 97.8 Å². The van der Waals surface area contributed by atoms with Gasteiger partial charge >= 0.3 is 5.97 Å². The number of anilines is 1. The Balaban J connectivity index is 1.90. The van der Waals surface area contributed by atoms with Crippen molar-refractivity contribution in [3.8, 4) is 0 Å². The van der Waals surface area contributed by atoms with Crippen LogP contribution in [-0.4, -0.2) is 34.8 Å². The highest BCUT2D eigenvalue weighted by Gasteiger charge is 2.29. The van der Waals surface area contributed by atoms with Crippen molar-refractivity contribution in [1.82, 2.24) is 4.57 Å². The van der Waals surface area contributed by atoms with Gasteiger partial charge in [0, 0.05) is 30.7 Å². The van der Waals surface area contributed by atoms with E-state index in [-0.39, 0.29) is 23.1 Å². The molecule has 1 saturated carbocycles. The lowest BCUT2D eigenvalue weighted by atomic mass is 10.1. The normalized spacial score (nSPS) is 20.4. The van der Waals surface area contributed by atoms with E-state index in [9.17, 15) is 19.1 Å². The van der Waals surface area contributed by atoms with Crippen LogP contribution in [0.3, 0.4) is 0 Å². The largest absolute Gasteiger partial charge is 0.477 e. The minimum absolute atomic E-state index is 0.0962.